The van der Waals surface area contributed by atoms with E-state index in [9.17, 15) is 22.8 Å². The van der Waals surface area contributed by atoms with Crippen LogP contribution < -0.4 is 20.7 Å². The summed E-state index contributed by atoms with van der Waals surface area (Å²) in [5, 5.41) is 7.18. The second-order valence-electron chi connectivity index (χ2n) is 4.93. The molecule has 1 aromatic rings. The number of para-hydroxylation sites is 2. The number of imide groups is 1. The van der Waals surface area contributed by atoms with Crippen LogP contribution in [-0.2, 0) is 4.79 Å². The molecule has 0 spiro atoms. The van der Waals surface area contributed by atoms with Crippen LogP contribution in [0.25, 0.3) is 0 Å². The summed E-state index contributed by atoms with van der Waals surface area (Å²) >= 11 is 0. The molecule has 3 amide bonds. The van der Waals surface area contributed by atoms with E-state index >= 15 is 0 Å². The predicted molar refractivity (Wildman–Crippen MR) is 78.3 cm³/mol. The molecule has 1 rings (SSSR count). The molecule has 9 heteroatoms. The zero-order valence-corrected chi connectivity index (χ0v) is 12.7. The fourth-order valence-electron chi connectivity index (χ4n) is 1.54. The van der Waals surface area contributed by atoms with Gasteiger partial charge in [0, 0.05) is 6.04 Å². The van der Waals surface area contributed by atoms with Gasteiger partial charge < -0.3 is 15.4 Å². The number of hydrogen-bond donors (Lipinski definition) is 3. The number of urea groups is 1. The normalized spacial score (nSPS) is 11.0. The van der Waals surface area contributed by atoms with Gasteiger partial charge in [0.2, 0.25) is 5.91 Å². The molecular weight excluding hydrogens is 315 g/mol. The molecule has 0 fully saturated rings. The first kappa shape index (κ1) is 18.6. The molecule has 0 unspecified atom stereocenters. The first-order chi connectivity index (χ1) is 10.7. The molecular formula is C14H18F3N3O3. The van der Waals surface area contributed by atoms with Gasteiger partial charge in [-0.15, -0.1) is 0 Å². The monoisotopic (exact) mass is 333 g/mol. The molecule has 6 nitrogen and oxygen atoms in total. The number of carbonyl (C=O) groups is 2. The number of anilines is 1. The van der Waals surface area contributed by atoms with Crippen molar-refractivity contribution >= 4 is 17.6 Å². The zero-order valence-electron chi connectivity index (χ0n) is 12.7. The van der Waals surface area contributed by atoms with E-state index < -0.39 is 24.7 Å². The molecule has 0 radical (unpaired) electrons. The zero-order chi connectivity index (χ0) is 17.5. The summed E-state index contributed by atoms with van der Waals surface area (Å²) in [6.45, 7) is 1.74. The number of ether oxygens (including phenoxy) is 1. The highest BCUT2D eigenvalue weighted by Gasteiger charge is 2.28. The van der Waals surface area contributed by atoms with Gasteiger partial charge in [-0.05, 0) is 26.0 Å². The summed E-state index contributed by atoms with van der Waals surface area (Å²) in [6, 6.07) is 5.12. The van der Waals surface area contributed by atoms with Gasteiger partial charge in [-0.25, -0.2) is 4.79 Å². The largest absolute Gasteiger partial charge is 0.482 e. The van der Waals surface area contributed by atoms with Crippen LogP contribution in [-0.4, -0.2) is 37.3 Å². The van der Waals surface area contributed by atoms with Crippen LogP contribution in [0.3, 0.4) is 0 Å². The van der Waals surface area contributed by atoms with Crippen molar-refractivity contribution in [2.24, 2.45) is 0 Å². The highest BCUT2D eigenvalue weighted by molar-refractivity contribution is 5.96. The number of benzene rings is 1. The van der Waals surface area contributed by atoms with E-state index in [-0.39, 0.29) is 24.0 Å². The minimum Gasteiger partial charge on any atom is -0.482 e. The van der Waals surface area contributed by atoms with E-state index in [1.165, 1.54) is 18.2 Å². The van der Waals surface area contributed by atoms with Crippen LogP contribution in [0.15, 0.2) is 24.3 Å². The van der Waals surface area contributed by atoms with Crippen LogP contribution >= 0.6 is 0 Å². The lowest BCUT2D eigenvalue weighted by atomic mass is 10.3. The quantitative estimate of drug-likeness (QED) is 0.746. The minimum atomic E-state index is -4.46. The van der Waals surface area contributed by atoms with Crippen LogP contribution in [0.5, 0.6) is 5.75 Å². The average Bonchev–Trinajstić information content (AvgIpc) is 2.42. The second kappa shape index (κ2) is 8.25. The van der Waals surface area contributed by atoms with Gasteiger partial charge in [0.15, 0.2) is 6.61 Å². The fourth-order valence-corrected chi connectivity index (χ4v) is 1.54. The number of hydrogen-bond acceptors (Lipinski definition) is 4. The van der Waals surface area contributed by atoms with Gasteiger partial charge >= 0.3 is 12.2 Å². The Labute approximate surface area is 131 Å². The Morgan fingerprint density at radius 3 is 2.48 bits per heavy atom. The van der Waals surface area contributed by atoms with Gasteiger partial charge in [0.1, 0.15) is 5.75 Å². The molecule has 1 aromatic carbocycles. The van der Waals surface area contributed by atoms with Gasteiger partial charge in [-0.1, -0.05) is 12.1 Å². The Morgan fingerprint density at radius 2 is 1.87 bits per heavy atom. The van der Waals surface area contributed by atoms with E-state index in [1.54, 1.807) is 19.9 Å². The number of alkyl halides is 3. The van der Waals surface area contributed by atoms with Crippen molar-refractivity contribution < 1.29 is 27.5 Å². The first-order valence-electron chi connectivity index (χ1n) is 6.80. The number of nitrogens with one attached hydrogen (secondary N) is 3. The van der Waals surface area contributed by atoms with Crippen molar-refractivity contribution in [3.8, 4) is 5.75 Å². The van der Waals surface area contributed by atoms with Crippen molar-refractivity contribution in [3.63, 3.8) is 0 Å². The summed E-state index contributed by atoms with van der Waals surface area (Å²) in [4.78, 5) is 22.9. The Balaban J connectivity index is 2.54. The topological polar surface area (TPSA) is 79.5 Å². The standard InChI is InChI=1S/C14H18F3N3O3/c1-9(2)19-13(22)20-12(21)7-18-10-5-3-4-6-11(10)23-8-14(15,16)17/h3-6,9,18H,7-8H2,1-2H3,(H2,19,20,21,22). The van der Waals surface area contributed by atoms with Crippen molar-refractivity contribution in [3.05, 3.63) is 24.3 Å². The van der Waals surface area contributed by atoms with Crippen molar-refractivity contribution in [1.29, 1.82) is 0 Å². The van der Waals surface area contributed by atoms with Gasteiger partial charge in [0.25, 0.3) is 0 Å². The third-order valence-electron chi connectivity index (χ3n) is 2.39. The fraction of sp³-hybridized carbons (Fsp3) is 0.429. The van der Waals surface area contributed by atoms with Gasteiger partial charge in [0.05, 0.1) is 12.2 Å². The summed E-state index contributed by atoms with van der Waals surface area (Å²) < 4.78 is 41.2. The lowest BCUT2D eigenvalue weighted by molar-refractivity contribution is -0.153. The summed E-state index contributed by atoms with van der Waals surface area (Å²) in [5.41, 5.74) is 0.219. The highest BCUT2D eigenvalue weighted by Crippen LogP contribution is 2.25. The summed E-state index contributed by atoms with van der Waals surface area (Å²) in [5.74, 6) is -0.668. The first-order valence-corrected chi connectivity index (χ1v) is 6.80. The van der Waals surface area contributed by atoms with Gasteiger partial charge in [-0.2, -0.15) is 13.2 Å². The number of amides is 3. The van der Waals surface area contributed by atoms with E-state index in [2.05, 4.69) is 20.7 Å². The van der Waals surface area contributed by atoms with E-state index in [4.69, 9.17) is 0 Å². The molecule has 0 aliphatic carbocycles. The van der Waals surface area contributed by atoms with Crippen molar-refractivity contribution in [2.75, 3.05) is 18.5 Å². The SMILES string of the molecule is CC(C)NC(=O)NC(=O)CNc1ccccc1OCC(F)(F)F. The molecule has 128 valence electrons. The highest BCUT2D eigenvalue weighted by atomic mass is 19.4. The molecule has 0 heterocycles. The summed E-state index contributed by atoms with van der Waals surface area (Å²) in [6.07, 6.45) is -4.46. The van der Waals surface area contributed by atoms with E-state index in [0.29, 0.717) is 0 Å². The Bertz CT molecular complexity index is 548. The molecule has 0 atom stereocenters. The molecule has 23 heavy (non-hydrogen) atoms. The molecule has 0 saturated carbocycles. The third-order valence-corrected chi connectivity index (χ3v) is 2.39. The molecule has 0 saturated heterocycles. The minimum absolute atomic E-state index is 0.0377. The van der Waals surface area contributed by atoms with E-state index in [1.807, 2.05) is 0 Å². The molecule has 0 aliphatic rings. The Hall–Kier alpha value is -2.45. The predicted octanol–water partition coefficient (Wildman–Crippen LogP) is 2.27. The van der Waals surface area contributed by atoms with Crippen LogP contribution in [0.1, 0.15) is 13.8 Å². The number of halogens is 3. The number of carbonyl (C=O) groups excluding carboxylic acids is 2. The maximum atomic E-state index is 12.2. The molecule has 0 bridgehead atoms. The van der Waals surface area contributed by atoms with Crippen LogP contribution in [0.4, 0.5) is 23.7 Å². The number of rotatable bonds is 6. The van der Waals surface area contributed by atoms with E-state index in [0.717, 1.165) is 0 Å². The van der Waals surface area contributed by atoms with Crippen LogP contribution in [0.2, 0.25) is 0 Å². The lowest BCUT2D eigenvalue weighted by Gasteiger charge is -2.14. The molecule has 3 N–H and O–H groups in total. The molecule has 0 aliphatic heterocycles. The van der Waals surface area contributed by atoms with Crippen molar-refractivity contribution in [1.82, 2.24) is 10.6 Å². The Kier molecular flexibility index (Phi) is 6.67. The second-order valence-corrected chi connectivity index (χ2v) is 4.93. The van der Waals surface area contributed by atoms with Crippen LogP contribution in [0, 0.1) is 0 Å². The maximum Gasteiger partial charge on any atom is 0.422 e. The van der Waals surface area contributed by atoms with Crippen molar-refractivity contribution in [2.45, 2.75) is 26.1 Å². The average molecular weight is 333 g/mol. The Morgan fingerprint density at radius 1 is 1.22 bits per heavy atom. The lowest BCUT2D eigenvalue weighted by Crippen LogP contribution is -2.44. The summed E-state index contributed by atoms with van der Waals surface area (Å²) in [7, 11) is 0. The maximum absolute atomic E-state index is 12.2. The third kappa shape index (κ3) is 7.93. The molecule has 0 aromatic heterocycles. The smallest absolute Gasteiger partial charge is 0.422 e. The van der Waals surface area contributed by atoms with Gasteiger partial charge in [-0.3, -0.25) is 10.1 Å².